The van der Waals surface area contributed by atoms with Gasteiger partial charge in [-0.2, -0.15) is 0 Å². The number of carbonyl (C=O) groups excluding carboxylic acids is 2. The molecular formula is C19H17NO3. The fourth-order valence-electron chi connectivity index (χ4n) is 2.16. The van der Waals surface area contributed by atoms with Gasteiger partial charge in [0.15, 0.2) is 5.78 Å². The number of ketones is 2. The predicted molar refractivity (Wildman–Crippen MR) is 89.9 cm³/mol. The summed E-state index contributed by atoms with van der Waals surface area (Å²) in [6.45, 7) is 3.12. The summed E-state index contributed by atoms with van der Waals surface area (Å²) in [7, 11) is 0. The van der Waals surface area contributed by atoms with Crippen LogP contribution in [0.2, 0.25) is 0 Å². The van der Waals surface area contributed by atoms with Gasteiger partial charge in [-0.15, -0.1) is 0 Å². The van der Waals surface area contributed by atoms with Crippen LogP contribution in [-0.2, 0) is 4.79 Å². The van der Waals surface area contributed by atoms with E-state index >= 15 is 0 Å². The van der Waals surface area contributed by atoms with Crippen LogP contribution in [0.5, 0.6) is 0 Å². The lowest BCUT2D eigenvalue weighted by Crippen LogP contribution is -2.21. The summed E-state index contributed by atoms with van der Waals surface area (Å²) in [6, 6.07) is 15.1. The molecule has 0 amide bonds. The smallest absolute Gasteiger partial charge is 0.211 e. The van der Waals surface area contributed by atoms with Crippen molar-refractivity contribution >= 4 is 23.0 Å². The van der Waals surface area contributed by atoms with Gasteiger partial charge in [0, 0.05) is 11.1 Å². The Hall–Kier alpha value is -3.01. The van der Waals surface area contributed by atoms with Crippen molar-refractivity contribution in [2.45, 2.75) is 13.8 Å². The summed E-state index contributed by atoms with van der Waals surface area (Å²) >= 11 is 0. The van der Waals surface area contributed by atoms with Gasteiger partial charge in [-0.1, -0.05) is 60.2 Å². The van der Waals surface area contributed by atoms with E-state index in [0.29, 0.717) is 11.1 Å². The lowest BCUT2D eigenvalue weighted by atomic mass is 9.95. The molecule has 4 heteroatoms. The lowest BCUT2D eigenvalue weighted by molar-refractivity contribution is -0.113. The van der Waals surface area contributed by atoms with Crippen molar-refractivity contribution in [2.24, 2.45) is 0 Å². The van der Waals surface area contributed by atoms with Crippen LogP contribution in [0.25, 0.3) is 5.76 Å². The van der Waals surface area contributed by atoms with Crippen LogP contribution in [-0.4, -0.2) is 22.4 Å². The number of benzene rings is 2. The average Bonchev–Trinajstić information content (AvgIpc) is 2.55. The third-order valence-corrected chi connectivity index (χ3v) is 3.43. The molecule has 4 nitrogen and oxygen atoms in total. The fourth-order valence-corrected chi connectivity index (χ4v) is 2.16. The zero-order chi connectivity index (χ0) is 17.0. The molecule has 23 heavy (non-hydrogen) atoms. The van der Waals surface area contributed by atoms with Crippen molar-refractivity contribution in [3.63, 3.8) is 0 Å². The summed E-state index contributed by atoms with van der Waals surface area (Å²) in [5.41, 5.74) is 0.895. The standard InChI is InChI=1S/C19H17NO3/c1-12-8-10-15(11-9-12)19(23)17(20)16(13(2)21)18(22)14-6-4-3-5-7-14/h3-11,20,22H,1-2H3/b18-16-,20-17?. The second-order valence-corrected chi connectivity index (χ2v) is 5.22. The third kappa shape index (κ3) is 3.61. The highest BCUT2D eigenvalue weighted by molar-refractivity contribution is 6.56. The maximum absolute atomic E-state index is 12.4. The second-order valence-electron chi connectivity index (χ2n) is 5.22. The van der Waals surface area contributed by atoms with Crippen molar-refractivity contribution in [3.05, 3.63) is 76.9 Å². The summed E-state index contributed by atoms with van der Waals surface area (Å²) in [5.74, 6) is -1.49. The van der Waals surface area contributed by atoms with Gasteiger partial charge in [0.25, 0.3) is 0 Å². The van der Waals surface area contributed by atoms with Gasteiger partial charge in [-0.05, 0) is 13.8 Å². The predicted octanol–water partition coefficient (Wildman–Crippen LogP) is 3.76. The van der Waals surface area contributed by atoms with E-state index in [1.54, 1.807) is 54.6 Å². The van der Waals surface area contributed by atoms with Crippen molar-refractivity contribution in [1.29, 1.82) is 5.41 Å². The molecule has 0 saturated carbocycles. The van der Waals surface area contributed by atoms with Gasteiger partial charge >= 0.3 is 0 Å². The number of aliphatic hydroxyl groups is 1. The number of carbonyl (C=O) groups is 2. The van der Waals surface area contributed by atoms with Crippen molar-refractivity contribution < 1.29 is 14.7 Å². The minimum atomic E-state index is -0.599. The lowest BCUT2D eigenvalue weighted by Gasteiger charge is -2.09. The van der Waals surface area contributed by atoms with E-state index < -0.39 is 17.3 Å². The van der Waals surface area contributed by atoms with E-state index in [1.165, 1.54) is 6.92 Å². The van der Waals surface area contributed by atoms with Gasteiger partial charge in [-0.25, -0.2) is 0 Å². The second kappa shape index (κ2) is 6.83. The minimum absolute atomic E-state index is 0.276. The highest BCUT2D eigenvalue weighted by Gasteiger charge is 2.24. The van der Waals surface area contributed by atoms with Gasteiger partial charge < -0.3 is 5.11 Å². The number of nitrogens with one attached hydrogen (secondary N) is 1. The first-order valence-corrected chi connectivity index (χ1v) is 7.11. The quantitative estimate of drug-likeness (QED) is 0.382. The number of hydrogen-bond donors (Lipinski definition) is 2. The van der Waals surface area contributed by atoms with E-state index in [2.05, 4.69) is 0 Å². The Morgan fingerprint density at radius 3 is 2.00 bits per heavy atom. The Morgan fingerprint density at radius 1 is 0.913 bits per heavy atom. The topological polar surface area (TPSA) is 78.2 Å². The Balaban J connectivity index is 2.46. The average molecular weight is 307 g/mol. The van der Waals surface area contributed by atoms with Gasteiger partial charge in [0.2, 0.25) is 5.78 Å². The van der Waals surface area contributed by atoms with Crippen LogP contribution in [0.4, 0.5) is 0 Å². The Kier molecular flexibility index (Phi) is 4.86. The van der Waals surface area contributed by atoms with Crippen LogP contribution in [0.15, 0.2) is 60.2 Å². The SMILES string of the molecule is CC(=O)/C(C(=N)C(=O)c1ccc(C)cc1)=C(/O)c1ccccc1. The molecule has 2 N–H and O–H groups in total. The van der Waals surface area contributed by atoms with Gasteiger partial charge in [-0.3, -0.25) is 15.0 Å². The number of hydrogen-bond acceptors (Lipinski definition) is 4. The Morgan fingerprint density at radius 2 is 1.48 bits per heavy atom. The van der Waals surface area contributed by atoms with Crippen molar-refractivity contribution in [3.8, 4) is 0 Å². The molecule has 0 aliphatic carbocycles. The van der Waals surface area contributed by atoms with Crippen LogP contribution >= 0.6 is 0 Å². The number of Topliss-reactive ketones (excluding diaryl/α,β-unsaturated/α-hetero) is 2. The molecular weight excluding hydrogens is 290 g/mol. The number of aryl methyl sites for hydroxylation is 1. The molecule has 2 aromatic rings. The molecule has 0 unspecified atom stereocenters. The van der Waals surface area contributed by atoms with Gasteiger partial charge in [0.05, 0.1) is 5.57 Å². The van der Waals surface area contributed by atoms with E-state index in [0.717, 1.165) is 5.56 Å². The van der Waals surface area contributed by atoms with Crippen LogP contribution < -0.4 is 0 Å². The summed E-state index contributed by atoms with van der Waals surface area (Å²) in [5, 5.41) is 18.4. The molecule has 0 bridgehead atoms. The first kappa shape index (κ1) is 16.4. The van der Waals surface area contributed by atoms with Crippen LogP contribution in [0, 0.1) is 12.3 Å². The Labute approximate surface area is 134 Å². The molecule has 2 aromatic carbocycles. The van der Waals surface area contributed by atoms with E-state index in [1.807, 2.05) is 6.92 Å². The fraction of sp³-hybridized carbons (Fsp3) is 0.105. The molecule has 0 aliphatic heterocycles. The van der Waals surface area contributed by atoms with E-state index in [9.17, 15) is 14.7 Å². The normalized spacial score (nSPS) is 11.6. The highest BCUT2D eigenvalue weighted by Crippen LogP contribution is 2.19. The van der Waals surface area contributed by atoms with Crippen molar-refractivity contribution in [2.75, 3.05) is 0 Å². The largest absolute Gasteiger partial charge is 0.506 e. The molecule has 0 fully saturated rings. The third-order valence-electron chi connectivity index (χ3n) is 3.43. The first-order valence-electron chi connectivity index (χ1n) is 7.11. The highest BCUT2D eigenvalue weighted by atomic mass is 16.3. The number of allylic oxidation sites excluding steroid dienone is 1. The van der Waals surface area contributed by atoms with E-state index in [4.69, 9.17) is 5.41 Å². The summed E-state index contributed by atoms with van der Waals surface area (Å²) < 4.78 is 0. The van der Waals surface area contributed by atoms with E-state index in [-0.39, 0.29) is 11.3 Å². The molecule has 116 valence electrons. The Bertz CT molecular complexity index is 787. The molecule has 2 rings (SSSR count). The zero-order valence-electron chi connectivity index (χ0n) is 13.0. The van der Waals surface area contributed by atoms with Crippen LogP contribution in [0.3, 0.4) is 0 Å². The maximum Gasteiger partial charge on any atom is 0.211 e. The molecule has 0 atom stereocenters. The molecule has 0 aromatic heterocycles. The first-order chi connectivity index (χ1) is 10.9. The van der Waals surface area contributed by atoms with Crippen molar-refractivity contribution in [1.82, 2.24) is 0 Å². The molecule has 0 heterocycles. The summed E-state index contributed by atoms with van der Waals surface area (Å²) in [4.78, 5) is 24.3. The zero-order valence-corrected chi connectivity index (χ0v) is 13.0. The summed E-state index contributed by atoms with van der Waals surface area (Å²) in [6.07, 6.45) is 0. The maximum atomic E-state index is 12.4. The molecule has 0 aliphatic rings. The van der Waals surface area contributed by atoms with Gasteiger partial charge in [0.1, 0.15) is 11.5 Å². The number of rotatable bonds is 5. The molecule has 0 spiro atoms. The number of aliphatic hydroxyl groups excluding tert-OH is 1. The minimum Gasteiger partial charge on any atom is -0.506 e. The van der Waals surface area contributed by atoms with Crippen LogP contribution in [0.1, 0.15) is 28.4 Å². The molecule has 0 radical (unpaired) electrons. The monoisotopic (exact) mass is 307 g/mol. The molecule has 0 saturated heterocycles.